The summed E-state index contributed by atoms with van der Waals surface area (Å²) in [5, 5.41) is 0. The van der Waals surface area contributed by atoms with Crippen LogP contribution in [0.25, 0.3) is 0 Å². The molecular formula is C29H52. The maximum atomic E-state index is 2.53. The Kier molecular flexibility index (Phi) is 7.72. The van der Waals surface area contributed by atoms with Gasteiger partial charge >= 0.3 is 0 Å². The molecule has 0 spiro atoms. The fourth-order valence-corrected chi connectivity index (χ4v) is 8.45. The molecule has 168 valence electrons. The normalized spacial score (nSPS) is 49.7. The standard InChI is InChI=1S/C29H52/c1-20-5-11-26(12-6-20)27-13-7-24(8-14-27)19-25-9-15-28(16-10-25)29-17-21(2)23(4)22(3)18-29/h20-29H,5-19H2,1-4H3. The highest BCUT2D eigenvalue weighted by Gasteiger charge is 2.36. The summed E-state index contributed by atoms with van der Waals surface area (Å²) in [5.41, 5.74) is 0. The molecule has 0 amide bonds. The number of hydrogen-bond donors (Lipinski definition) is 0. The summed E-state index contributed by atoms with van der Waals surface area (Å²) < 4.78 is 0. The van der Waals surface area contributed by atoms with E-state index in [0.29, 0.717) is 0 Å². The Labute approximate surface area is 183 Å². The van der Waals surface area contributed by atoms with Crippen LogP contribution in [0.3, 0.4) is 0 Å². The molecule has 0 bridgehead atoms. The second-order valence-corrected chi connectivity index (χ2v) is 12.9. The van der Waals surface area contributed by atoms with E-state index in [2.05, 4.69) is 27.7 Å². The highest BCUT2D eigenvalue weighted by Crippen LogP contribution is 2.48. The van der Waals surface area contributed by atoms with Gasteiger partial charge in [0.05, 0.1) is 0 Å². The van der Waals surface area contributed by atoms with Crippen LogP contribution >= 0.6 is 0 Å². The highest BCUT2D eigenvalue weighted by atomic mass is 14.4. The van der Waals surface area contributed by atoms with Crippen molar-refractivity contribution in [2.24, 2.45) is 59.2 Å². The molecule has 4 aliphatic rings. The lowest BCUT2D eigenvalue weighted by molar-refractivity contribution is 0.0728. The Morgan fingerprint density at radius 1 is 0.448 bits per heavy atom. The minimum absolute atomic E-state index is 0.953. The molecule has 4 fully saturated rings. The zero-order valence-corrected chi connectivity index (χ0v) is 20.4. The van der Waals surface area contributed by atoms with Crippen molar-refractivity contribution in [3.05, 3.63) is 0 Å². The van der Waals surface area contributed by atoms with Crippen molar-refractivity contribution >= 4 is 0 Å². The van der Waals surface area contributed by atoms with Gasteiger partial charge in [-0.1, -0.05) is 66.2 Å². The van der Waals surface area contributed by atoms with E-state index >= 15 is 0 Å². The van der Waals surface area contributed by atoms with Gasteiger partial charge in [0.2, 0.25) is 0 Å². The topological polar surface area (TPSA) is 0 Å². The zero-order valence-electron chi connectivity index (χ0n) is 20.4. The molecular weight excluding hydrogens is 348 g/mol. The van der Waals surface area contributed by atoms with Gasteiger partial charge in [0.25, 0.3) is 0 Å². The van der Waals surface area contributed by atoms with Gasteiger partial charge in [-0.15, -0.1) is 0 Å². The van der Waals surface area contributed by atoms with Crippen LogP contribution < -0.4 is 0 Å². The third kappa shape index (κ3) is 5.63. The second-order valence-electron chi connectivity index (χ2n) is 12.9. The Morgan fingerprint density at radius 2 is 0.828 bits per heavy atom. The molecule has 0 heteroatoms. The van der Waals surface area contributed by atoms with E-state index in [1.54, 1.807) is 70.6 Å². The fourth-order valence-electron chi connectivity index (χ4n) is 8.45. The summed E-state index contributed by atoms with van der Waals surface area (Å²) >= 11 is 0. The second kappa shape index (κ2) is 10.1. The molecule has 0 aromatic heterocycles. The van der Waals surface area contributed by atoms with Gasteiger partial charge in [0, 0.05) is 0 Å². The minimum Gasteiger partial charge on any atom is -0.0625 e. The van der Waals surface area contributed by atoms with Crippen LogP contribution in [0.15, 0.2) is 0 Å². The molecule has 4 rings (SSSR count). The van der Waals surface area contributed by atoms with Crippen molar-refractivity contribution < 1.29 is 0 Å². The first-order valence-electron chi connectivity index (χ1n) is 14.0. The molecule has 0 heterocycles. The first-order chi connectivity index (χ1) is 14.0. The lowest BCUT2D eigenvalue weighted by Gasteiger charge is -2.43. The fraction of sp³-hybridized carbons (Fsp3) is 1.00. The summed E-state index contributed by atoms with van der Waals surface area (Å²) in [6.07, 6.45) is 23.4. The van der Waals surface area contributed by atoms with Crippen LogP contribution in [0, 0.1) is 59.2 Å². The van der Waals surface area contributed by atoms with Crippen molar-refractivity contribution in [1.82, 2.24) is 0 Å². The van der Waals surface area contributed by atoms with Crippen LogP contribution in [-0.4, -0.2) is 0 Å². The minimum atomic E-state index is 0.953. The van der Waals surface area contributed by atoms with Gasteiger partial charge in [0.1, 0.15) is 0 Å². The average molecular weight is 401 g/mol. The van der Waals surface area contributed by atoms with Crippen LogP contribution in [-0.2, 0) is 0 Å². The molecule has 2 unspecified atom stereocenters. The monoisotopic (exact) mass is 400 g/mol. The van der Waals surface area contributed by atoms with E-state index in [0.717, 1.165) is 59.2 Å². The Bertz CT molecular complexity index is 458. The molecule has 0 aromatic rings. The summed E-state index contributed by atoms with van der Waals surface area (Å²) in [7, 11) is 0. The van der Waals surface area contributed by atoms with E-state index in [9.17, 15) is 0 Å². The van der Waals surface area contributed by atoms with Crippen LogP contribution in [0.4, 0.5) is 0 Å². The smallest absolute Gasteiger partial charge is 0.0381 e. The van der Waals surface area contributed by atoms with Crippen molar-refractivity contribution in [2.45, 2.75) is 124 Å². The van der Waals surface area contributed by atoms with Gasteiger partial charge in [-0.3, -0.25) is 0 Å². The summed E-state index contributed by atoms with van der Waals surface area (Å²) in [5.74, 6) is 10.4. The van der Waals surface area contributed by atoms with Crippen LogP contribution in [0.2, 0.25) is 0 Å². The van der Waals surface area contributed by atoms with Crippen molar-refractivity contribution in [2.75, 3.05) is 0 Å². The maximum Gasteiger partial charge on any atom is -0.0381 e. The highest BCUT2D eigenvalue weighted by molar-refractivity contribution is 4.87. The largest absolute Gasteiger partial charge is 0.0625 e. The SMILES string of the molecule is CC1CCC(C2CCC(CC3CCC(C4CC(C)C(C)C(C)C4)CC3)CC2)CC1. The lowest BCUT2D eigenvalue weighted by atomic mass is 9.62. The van der Waals surface area contributed by atoms with Crippen molar-refractivity contribution in [1.29, 1.82) is 0 Å². The van der Waals surface area contributed by atoms with Gasteiger partial charge in [-0.2, -0.15) is 0 Å². The predicted octanol–water partition coefficient (Wildman–Crippen LogP) is 9.13. The molecule has 0 radical (unpaired) electrons. The van der Waals surface area contributed by atoms with Crippen molar-refractivity contribution in [3.8, 4) is 0 Å². The Balaban J connectivity index is 1.15. The van der Waals surface area contributed by atoms with Crippen molar-refractivity contribution in [3.63, 3.8) is 0 Å². The molecule has 0 N–H and O–H groups in total. The molecule has 29 heavy (non-hydrogen) atoms. The van der Waals surface area contributed by atoms with E-state index in [1.807, 2.05) is 0 Å². The Hall–Kier alpha value is 0. The molecule has 2 atom stereocenters. The number of rotatable bonds is 4. The summed E-state index contributed by atoms with van der Waals surface area (Å²) in [4.78, 5) is 0. The lowest BCUT2D eigenvalue weighted by Crippen LogP contribution is -2.33. The van der Waals surface area contributed by atoms with Gasteiger partial charge in [-0.05, 0) is 117 Å². The predicted molar refractivity (Wildman–Crippen MR) is 127 cm³/mol. The first kappa shape index (κ1) is 22.2. The maximum absolute atomic E-state index is 2.53. The van der Waals surface area contributed by atoms with E-state index in [4.69, 9.17) is 0 Å². The quantitative estimate of drug-likeness (QED) is 0.441. The molecule has 0 saturated heterocycles. The van der Waals surface area contributed by atoms with Gasteiger partial charge < -0.3 is 0 Å². The molecule has 4 saturated carbocycles. The Morgan fingerprint density at radius 3 is 1.28 bits per heavy atom. The third-order valence-corrected chi connectivity index (χ3v) is 11.0. The molecule has 0 aromatic carbocycles. The van der Waals surface area contributed by atoms with Gasteiger partial charge in [-0.25, -0.2) is 0 Å². The third-order valence-electron chi connectivity index (χ3n) is 11.0. The number of hydrogen-bond acceptors (Lipinski definition) is 0. The zero-order chi connectivity index (χ0) is 20.4. The van der Waals surface area contributed by atoms with Crippen LogP contribution in [0.1, 0.15) is 124 Å². The first-order valence-corrected chi connectivity index (χ1v) is 14.0. The van der Waals surface area contributed by atoms with Crippen LogP contribution in [0.5, 0.6) is 0 Å². The molecule has 0 aliphatic heterocycles. The summed E-state index contributed by atoms with van der Waals surface area (Å²) in [6.45, 7) is 10.0. The summed E-state index contributed by atoms with van der Waals surface area (Å²) in [6, 6.07) is 0. The van der Waals surface area contributed by atoms with E-state index in [1.165, 1.54) is 25.7 Å². The van der Waals surface area contributed by atoms with E-state index in [-0.39, 0.29) is 0 Å². The van der Waals surface area contributed by atoms with E-state index < -0.39 is 0 Å². The average Bonchev–Trinajstić information content (AvgIpc) is 2.73. The molecule has 0 nitrogen and oxygen atoms in total. The molecule has 4 aliphatic carbocycles. The van der Waals surface area contributed by atoms with Gasteiger partial charge in [0.15, 0.2) is 0 Å².